The van der Waals surface area contributed by atoms with Crippen molar-refractivity contribution < 1.29 is 0 Å². The van der Waals surface area contributed by atoms with Gasteiger partial charge in [0.05, 0.1) is 18.1 Å². The molecule has 0 radical (unpaired) electrons. The van der Waals surface area contributed by atoms with Crippen LogP contribution in [0.4, 0.5) is 0 Å². The van der Waals surface area contributed by atoms with Crippen LogP contribution in [-0.4, -0.2) is 16.0 Å². The molecule has 2 N–H and O–H groups in total. The Hall–Kier alpha value is -1.16. The van der Waals surface area contributed by atoms with E-state index in [4.69, 9.17) is 0 Å². The van der Waals surface area contributed by atoms with E-state index in [1.54, 1.807) is 0 Å². The Labute approximate surface area is 75.4 Å². The van der Waals surface area contributed by atoms with E-state index >= 15 is 0 Å². The molecule has 0 saturated carbocycles. The number of H-pyrrole nitrogens is 1. The summed E-state index contributed by atoms with van der Waals surface area (Å²) in [5, 5.41) is 3.46. The van der Waals surface area contributed by atoms with E-state index in [9.17, 15) is 4.79 Å². The van der Waals surface area contributed by atoms with E-state index in [-0.39, 0.29) is 5.56 Å². The molecule has 4 heteroatoms. The van der Waals surface area contributed by atoms with Crippen LogP contribution in [0.2, 0.25) is 0 Å². The van der Waals surface area contributed by atoms with Crippen molar-refractivity contribution in [2.45, 2.75) is 31.3 Å². The van der Waals surface area contributed by atoms with Crippen molar-refractivity contribution in [1.29, 1.82) is 0 Å². The number of hydrogen-bond donors (Lipinski definition) is 2. The van der Waals surface area contributed by atoms with Gasteiger partial charge < -0.3 is 10.3 Å². The van der Waals surface area contributed by atoms with E-state index in [1.807, 2.05) is 0 Å². The van der Waals surface area contributed by atoms with Crippen LogP contribution in [0.5, 0.6) is 0 Å². The third-order valence-electron chi connectivity index (χ3n) is 3.00. The summed E-state index contributed by atoms with van der Waals surface area (Å²) in [6.07, 6.45) is 4.63. The van der Waals surface area contributed by atoms with E-state index in [2.05, 4.69) is 15.3 Å². The predicted octanol–water partition coefficient (Wildman–Crippen LogP) is 0.119. The summed E-state index contributed by atoms with van der Waals surface area (Å²) < 4.78 is 0. The van der Waals surface area contributed by atoms with Crippen LogP contribution in [0.3, 0.4) is 0 Å². The van der Waals surface area contributed by atoms with Crippen molar-refractivity contribution in [3.05, 3.63) is 27.9 Å². The van der Waals surface area contributed by atoms with Crippen LogP contribution in [0.25, 0.3) is 0 Å². The molecule has 68 valence electrons. The lowest BCUT2D eigenvalue weighted by Gasteiger charge is -2.21. The van der Waals surface area contributed by atoms with Crippen molar-refractivity contribution in [3.63, 3.8) is 0 Å². The van der Waals surface area contributed by atoms with Crippen molar-refractivity contribution in [2.24, 2.45) is 0 Å². The van der Waals surface area contributed by atoms with Crippen LogP contribution in [0.1, 0.15) is 30.1 Å². The highest BCUT2D eigenvalue weighted by atomic mass is 16.1. The predicted molar refractivity (Wildman–Crippen MR) is 47.5 cm³/mol. The number of aromatic nitrogens is 2. The summed E-state index contributed by atoms with van der Waals surface area (Å²) >= 11 is 0. The normalized spacial score (nSPS) is 30.2. The number of fused-ring (bicyclic) bond motifs is 4. The largest absolute Gasteiger partial charge is 0.313 e. The van der Waals surface area contributed by atoms with Crippen LogP contribution >= 0.6 is 0 Å². The summed E-state index contributed by atoms with van der Waals surface area (Å²) in [5.74, 6) is 0. The second-order valence-corrected chi connectivity index (χ2v) is 3.79. The summed E-state index contributed by atoms with van der Waals surface area (Å²) in [6.45, 7) is 0. The first-order chi connectivity index (χ1) is 6.34. The Morgan fingerprint density at radius 2 is 2.38 bits per heavy atom. The standard InChI is InChI=1S/C9H11N3O/c13-9-6-3-5-1-2-7(12-5)8(6)10-4-11-9/h4-5,7,12H,1-3H2,(H,10,11,13). The molecule has 1 aromatic heterocycles. The summed E-state index contributed by atoms with van der Waals surface area (Å²) in [5.41, 5.74) is 1.91. The van der Waals surface area contributed by atoms with Gasteiger partial charge in [0, 0.05) is 11.6 Å². The Morgan fingerprint density at radius 1 is 1.46 bits per heavy atom. The Kier molecular flexibility index (Phi) is 1.35. The zero-order valence-electron chi connectivity index (χ0n) is 7.21. The average Bonchev–Trinajstić information content (AvgIpc) is 2.51. The minimum Gasteiger partial charge on any atom is -0.313 e. The van der Waals surface area contributed by atoms with Crippen molar-refractivity contribution in [1.82, 2.24) is 15.3 Å². The molecule has 2 unspecified atom stereocenters. The maximum absolute atomic E-state index is 11.5. The fraction of sp³-hybridized carbons (Fsp3) is 0.556. The van der Waals surface area contributed by atoms with Gasteiger partial charge in [-0.05, 0) is 19.3 Å². The quantitative estimate of drug-likeness (QED) is 0.591. The molecule has 0 amide bonds. The highest BCUT2D eigenvalue weighted by Crippen LogP contribution is 2.32. The lowest BCUT2D eigenvalue weighted by molar-refractivity contribution is 0.499. The number of nitrogens with one attached hydrogen (secondary N) is 2. The van der Waals surface area contributed by atoms with Gasteiger partial charge in [0.25, 0.3) is 5.56 Å². The number of hydrogen-bond acceptors (Lipinski definition) is 3. The molecule has 1 saturated heterocycles. The van der Waals surface area contributed by atoms with Crippen LogP contribution in [-0.2, 0) is 6.42 Å². The number of aromatic amines is 1. The van der Waals surface area contributed by atoms with Gasteiger partial charge >= 0.3 is 0 Å². The Balaban J connectivity index is 2.22. The topological polar surface area (TPSA) is 57.8 Å². The highest BCUT2D eigenvalue weighted by molar-refractivity contribution is 5.26. The van der Waals surface area contributed by atoms with Gasteiger partial charge in [0.2, 0.25) is 0 Å². The molecule has 0 spiro atoms. The molecule has 1 fully saturated rings. The third kappa shape index (κ3) is 0.951. The SMILES string of the molecule is O=c1[nH]cnc2c1CC1CCC2N1. The minimum absolute atomic E-state index is 0.0448. The molecule has 2 aliphatic heterocycles. The van der Waals surface area contributed by atoms with Gasteiger partial charge in [0.1, 0.15) is 0 Å². The molecular formula is C9H11N3O. The number of rotatable bonds is 0. The van der Waals surface area contributed by atoms with Crippen LogP contribution in [0, 0.1) is 0 Å². The van der Waals surface area contributed by atoms with E-state index < -0.39 is 0 Å². The van der Waals surface area contributed by atoms with Gasteiger partial charge in [-0.15, -0.1) is 0 Å². The molecule has 3 rings (SSSR count). The molecule has 2 bridgehead atoms. The van der Waals surface area contributed by atoms with Crippen LogP contribution < -0.4 is 10.9 Å². The molecular weight excluding hydrogens is 166 g/mol. The molecule has 4 nitrogen and oxygen atoms in total. The van der Waals surface area contributed by atoms with E-state index in [1.165, 1.54) is 12.7 Å². The van der Waals surface area contributed by atoms with Gasteiger partial charge in [-0.1, -0.05) is 0 Å². The molecule has 13 heavy (non-hydrogen) atoms. The Bertz CT molecular complexity index is 398. The first kappa shape index (κ1) is 7.26. The second-order valence-electron chi connectivity index (χ2n) is 3.79. The van der Waals surface area contributed by atoms with Gasteiger partial charge in [-0.25, -0.2) is 4.98 Å². The minimum atomic E-state index is 0.0448. The first-order valence-electron chi connectivity index (χ1n) is 4.67. The fourth-order valence-corrected chi connectivity index (χ4v) is 2.38. The summed E-state index contributed by atoms with van der Waals surface area (Å²) in [6, 6.07) is 0.832. The maximum Gasteiger partial charge on any atom is 0.254 e. The molecule has 1 aromatic rings. The zero-order valence-corrected chi connectivity index (χ0v) is 7.21. The van der Waals surface area contributed by atoms with Crippen molar-refractivity contribution >= 4 is 0 Å². The lowest BCUT2D eigenvalue weighted by atomic mass is 10.0. The van der Waals surface area contributed by atoms with Gasteiger partial charge in [0.15, 0.2) is 0 Å². The summed E-state index contributed by atoms with van der Waals surface area (Å²) in [4.78, 5) is 18.3. The lowest BCUT2D eigenvalue weighted by Crippen LogP contribution is -2.36. The fourth-order valence-electron chi connectivity index (χ4n) is 2.38. The smallest absolute Gasteiger partial charge is 0.254 e. The molecule has 0 aliphatic carbocycles. The average molecular weight is 177 g/mol. The number of nitrogens with zero attached hydrogens (tertiary/aromatic N) is 1. The zero-order chi connectivity index (χ0) is 8.84. The second kappa shape index (κ2) is 2.42. The van der Waals surface area contributed by atoms with Crippen molar-refractivity contribution in [3.8, 4) is 0 Å². The molecule has 3 heterocycles. The van der Waals surface area contributed by atoms with Gasteiger partial charge in [-0.2, -0.15) is 0 Å². The van der Waals surface area contributed by atoms with E-state index in [0.717, 1.165) is 24.1 Å². The molecule has 2 atom stereocenters. The van der Waals surface area contributed by atoms with E-state index in [0.29, 0.717) is 12.1 Å². The van der Waals surface area contributed by atoms with Gasteiger partial charge in [-0.3, -0.25) is 4.79 Å². The van der Waals surface area contributed by atoms with Crippen molar-refractivity contribution in [2.75, 3.05) is 0 Å². The Morgan fingerprint density at radius 3 is 3.31 bits per heavy atom. The highest BCUT2D eigenvalue weighted by Gasteiger charge is 2.34. The summed E-state index contributed by atoms with van der Waals surface area (Å²) in [7, 11) is 0. The monoisotopic (exact) mass is 177 g/mol. The first-order valence-corrected chi connectivity index (χ1v) is 4.67. The maximum atomic E-state index is 11.5. The van der Waals surface area contributed by atoms with Crippen LogP contribution in [0.15, 0.2) is 11.1 Å². The molecule has 2 aliphatic rings. The molecule has 0 aromatic carbocycles. The third-order valence-corrected chi connectivity index (χ3v) is 3.00.